The second-order valence-corrected chi connectivity index (χ2v) is 8.63. The summed E-state index contributed by atoms with van der Waals surface area (Å²) in [6.45, 7) is 8.81. The standard InChI is InChI=1S/C24H36N4O4/c1-19(24(31)28-17-14-26(15-18-28)20(2)29)25-11-4-12-27(16-13-25)23(30)10-7-21-5-8-22(32-3)9-6-21/h5-6,8-9,19H,4,7,10-18H2,1-3H3. The average molecular weight is 445 g/mol. The molecule has 32 heavy (non-hydrogen) atoms. The molecule has 0 radical (unpaired) electrons. The van der Waals surface area contributed by atoms with E-state index in [2.05, 4.69) is 4.90 Å². The molecule has 1 aromatic rings. The third-order valence-electron chi connectivity index (χ3n) is 6.61. The molecule has 8 heteroatoms. The summed E-state index contributed by atoms with van der Waals surface area (Å²) in [5.74, 6) is 1.17. The molecule has 3 amide bonds. The zero-order valence-corrected chi connectivity index (χ0v) is 19.6. The molecule has 2 heterocycles. The van der Waals surface area contributed by atoms with E-state index in [0.717, 1.165) is 30.8 Å². The number of nitrogens with zero attached hydrogens (tertiary/aromatic N) is 4. The number of benzene rings is 1. The largest absolute Gasteiger partial charge is 0.497 e. The topological polar surface area (TPSA) is 73.4 Å². The van der Waals surface area contributed by atoms with Crippen molar-refractivity contribution in [3.05, 3.63) is 29.8 Å². The predicted octanol–water partition coefficient (Wildman–Crippen LogP) is 1.24. The van der Waals surface area contributed by atoms with Gasteiger partial charge in [0.25, 0.3) is 0 Å². The maximum absolute atomic E-state index is 13.0. The molecule has 0 spiro atoms. The van der Waals surface area contributed by atoms with Crippen molar-refractivity contribution in [1.82, 2.24) is 19.6 Å². The zero-order chi connectivity index (χ0) is 23.1. The minimum Gasteiger partial charge on any atom is -0.497 e. The molecule has 8 nitrogen and oxygen atoms in total. The molecule has 2 fully saturated rings. The van der Waals surface area contributed by atoms with E-state index >= 15 is 0 Å². The summed E-state index contributed by atoms with van der Waals surface area (Å²) in [4.78, 5) is 45.1. The molecular weight excluding hydrogens is 408 g/mol. The number of amides is 3. The molecule has 176 valence electrons. The number of rotatable bonds is 6. The molecule has 2 aliphatic heterocycles. The lowest BCUT2D eigenvalue weighted by Crippen LogP contribution is -2.55. The van der Waals surface area contributed by atoms with E-state index in [1.54, 1.807) is 18.9 Å². The van der Waals surface area contributed by atoms with Gasteiger partial charge < -0.3 is 19.4 Å². The van der Waals surface area contributed by atoms with Crippen molar-refractivity contribution in [2.45, 2.75) is 39.2 Å². The third kappa shape index (κ3) is 6.22. The van der Waals surface area contributed by atoms with Gasteiger partial charge >= 0.3 is 0 Å². The van der Waals surface area contributed by atoms with Gasteiger partial charge in [-0.05, 0) is 37.5 Å². The summed E-state index contributed by atoms with van der Waals surface area (Å²) in [5, 5.41) is 0. The lowest BCUT2D eigenvalue weighted by atomic mass is 10.1. The molecule has 0 aromatic heterocycles. The Hall–Kier alpha value is -2.61. The molecule has 1 aromatic carbocycles. The zero-order valence-electron chi connectivity index (χ0n) is 19.6. The number of carbonyl (C=O) groups excluding carboxylic acids is 3. The van der Waals surface area contributed by atoms with Gasteiger partial charge in [-0.15, -0.1) is 0 Å². The van der Waals surface area contributed by atoms with Crippen LogP contribution < -0.4 is 4.74 Å². The minimum absolute atomic E-state index is 0.0643. The maximum atomic E-state index is 13.0. The number of hydrogen-bond acceptors (Lipinski definition) is 5. The molecular formula is C24H36N4O4. The van der Waals surface area contributed by atoms with Crippen LogP contribution in [0.3, 0.4) is 0 Å². The fraction of sp³-hybridized carbons (Fsp3) is 0.625. The van der Waals surface area contributed by atoms with Crippen LogP contribution in [0.5, 0.6) is 5.75 Å². The Morgan fingerprint density at radius 2 is 1.50 bits per heavy atom. The summed E-state index contributed by atoms with van der Waals surface area (Å²) in [7, 11) is 1.64. The van der Waals surface area contributed by atoms with E-state index in [9.17, 15) is 14.4 Å². The van der Waals surface area contributed by atoms with E-state index in [-0.39, 0.29) is 23.8 Å². The van der Waals surface area contributed by atoms with Crippen molar-refractivity contribution >= 4 is 17.7 Å². The van der Waals surface area contributed by atoms with Crippen molar-refractivity contribution in [3.8, 4) is 5.75 Å². The molecule has 2 saturated heterocycles. The Bertz CT molecular complexity index is 790. The van der Waals surface area contributed by atoms with E-state index in [1.807, 2.05) is 41.0 Å². The summed E-state index contributed by atoms with van der Waals surface area (Å²) in [5.41, 5.74) is 1.12. The number of ether oxygens (including phenoxy) is 1. The van der Waals surface area contributed by atoms with Crippen LogP contribution in [0, 0.1) is 0 Å². The lowest BCUT2D eigenvalue weighted by molar-refractivity contribution is -0.142. The monoisotopic (exact) mass is 444 g/mol. The average Bonchev–Trinajstić information content (AvgIpc) is 3.08. The van der Waals surface area contributed by atoms with Gasteiger partial charge in [-0.25, -0.2) is 0 Å². The molecule has 2 aliphatic rings. The van der Waals surface area contributed by atoms with Crippen molar-refractivity contribution < 1.29 is 19.1 Å². The van der Waals surface area contributed by atoms with Crippen LogP contribution in [-0.2, 0) is 20.8 Å². The van der Waals surface area contributed by atoms with Crippen LogP contribution in [0.25, 0.3) is 0 Å². The van der Waals surface area contributed by atoms with Crippen LogP contribution in [-0.4, -0.2) is 103 Å². The molecule has 0 aliphatic carbocycles. The molecule has 0 N–H and O–H groups in total. The quantitative estimate of drug-likeness (QED) is 0.660. The van der Waals surface area contributed by atoms with Crippen LogP contribution in [0.15, 0.2) is 24.3 Å². The smallest absolute Gasteiger partial charge is 0.239 e. The first kappa shape index (κ1) is 24.0. The Balaban J connectivity index is 1.45. The SMILES string of the molecule is COc1ccc(CCC(=O)N2CCCN(C(C)C(=O)N3CCN(C(C)=O)CC3)CC2)cc1. The summed E-state index contributed by atoms with van der Waals surface area (Å²) in [6, 6.07) is 7.62. The summed E-state index contributed by atoms with van der Waals surface area (Å²) < 4.78 is 5.18. The maximum Gasteiger partial charge on any atom is 0.239 e. The predicted molar refractivity (Wildman–Crippen MR) is 122 cm³/mol. The van der Waals surface area contributed by atoms with Crippen molar-refractivity contribution in [1.29, 1.82) is 0 Å². The van der Waals surface area contributed by atoms with Gasteiger partial charge in [0.05, 0.1) is 13.2 Å². The fourth-order valence-electron chi connectivity index (χ4n) is 4.44. The third-order valence-corrected chi connectivity index (χ3v) is 6.61. The first-order chi connectivity index (χ1) is 15.4. The van der Waals surface area contributed by atoms with Crippen molar-refractivity contribution in [2.75, 3.05) is 59.5 Å². The Labute approximate surface area is 191 Å². The summed E-state index contributed by atoms with van der Waals surface area (Å²) >= 11 is 0. The molecule has 0 bridgehead atoms. The Kier molecular flexibility index (Phi) is 8.50. The van der Waals surface area contributed by atoms with Crippen LogP contribution in [0.1, 0.15) is 32.3 Å². The molecule has 1 atom stereocenters. The van der Waals surface area contributed by atoms with Gasteiger partial charge in [-0.2, -0.15) is 0 Å². The fourth-order valence-corrected chi connectivity index (χ4v) is 4.44. The van der Waals surface area contributed by atoms with Gasteiger partial charge in [0.1, 0.15) is 5.75 Å². The Morgan fingerprint density at radius 1 is 0.875 bits per heavy atom. The number of aryl methyl sites for hydroxylation is 1. The van der Waals surface area contributed by atoms with E-state index < -0.39 is 0 Å². The first-order valence-corrected chi connectivity index (χ1v) is 11.6. The number of piperazine rings is 1. The first-order valence-electron chi connectivity index (χ1n) is 11.6. The highest BCUT2D eigenvalue weighted by molar-refractivity contribution is 5.82. The van der Waals surface area contributed by atoms with Gasteiger partial charge in [0.15, 0.2) is 0 Å². The number of hydrogen-bond donors (Lipinski definition) is 0. The number of carbonyl (C=O) groups is 3. The molecule has 3 rings (SSSR count). The van der Waals surface area contributed by atoms with Gasteiger partial charge in [0, 0.05) is 65.7 Å². The highest BCUT2D eigenvalue weighted by Gasteiger charge is 2.30. The van der Waals surface area contributed by atoms with Gasteiger partial charge in [-0.1, -0.05) is 12.1 Å². The molecule has 0 saturated carbocycles. The van der Waals surface area contributed by atoms with E-state index in [4.69, 9.17) is 4.74 Å². The van der Waals surface area contributed by atoms with Crippen LogP contribution >= 0.6 is 0 Å². The Morgan fingerprint density at radius 3 is 2.12 bits per heavy atom. The van der Waals surface area contributed by atoms with Crippen LogP contribution in [0.2, 0.25) is 0 Å². The highest BCUT2D eigenvalue weighted by Crippen LogP contribution is 2.15. The van der Waals surface area contributed by atoms with Crippen molar-refractivity contribution in [3.63, 3.8) is 0 Å². The lowest BCUT2D eigenvalue weighted by Gasteiger charge is -2.37. The second kappa shape index (κ2) is 11.3. The van der Waals surface area contributed by atoms with E-state index in [1.165, 1.54) is 0 Å². The normalized spacial score (nSPS) is 18.8. The van der Waals surface area contributed by atoms with E-state index in [0.29, 0.717) is 52.1 Å². The van der Waals surface area contributed by atoms with Crippen molar-refractivity contribution in [2.24, 2.45) is 0 Å². The van der Waals surface area contributed by atoms with Gasteiger partial charge in [-0.3, -0.25) is 19.3 Å². The minimum atomic E-state index is -0.215. The second-order valence-electron chi connectivity index (χ2n) is 8.63. The number of methoxy groups -OCH3 is 1. The van der Waals surface area contributed by atoms with Crippen LogP contribution in [0.4, 0.5) is 0 Å². The highest BCUT2D eigenvalue weighted by atomic mass is 16.5. The molecule has 1 unspecified atom stereocenters. The van der Waals surface area contributed by atoms with Gasteiger partial charge in [0.2, 0.25) is 17.7 Å². The summed E-state index contributed by atoms with van der Waals surface area (Å²) in [6.07, 6.45) is 2.06.